The van der Waals surface area contributed by atoms with E-state index >= 15 is 0 Å². The van der Waals surface area contributed by atoms with Gasteiger partial charge in [-0.25, -0.2) is 0 Å². The van der Waals surface area contributed by atoms with Gasteiger partial charge in [-0.15, -0.1) is 11.8 Å². The largest absolute Gasteiger partial charge is 0.486 e. The van der Waals surface area contributed by atoms with Crippen LogP contribution in [-0.4, -0.2) is 19.8 Å². The third kappa shape index (κ3) is 3.42. The van der Waals surface area contributed by atoms with Crippen LogP contribution in [0, 0.1) is 11.8 Å². The summed E-state index contributed by atoms with van der Waals surface area (Å²) < 4.78 is 11.4. The summed E-state index contributed by atoms with van der Waals surface area (Å²) >= 11 is 0. The molecule has 0 bridgehead atoms. The van der Waals surface area contributed by atoms with Gasteiger partial charge >= 0.3 is 0 Å². The Morgan fingerprint density at radius 3 is 2.95 bits per heavy atom. The summed E-state index contributed by atoms with van der Waals surface area (Å²) in [5.74, 6) is 7.82. The van der Waals surface area contributed by atoms with E-state index in [2.05, 4.69) is 30.1 Å². The zero-order valence-corrected chi connectivity index (χ0v) is 11.7. The average Bonchev–Trinajstić information content (AvgIpc) is 2.46. The van der Waals surface area contributed by atoms with Crippen molar-refractivity contribution in [3.05, 3.63) is 23.8 Å². The highest BCUT2D eigenvalue weighted by molar-refractivity contribution is 5.49. The molecule has 1 N–H and O–H groups in total. The molecule has 3 nitrogen and oxygen atoms in total. The fourth-order valence-electron chi connectivity index (χ4n) is 2.33. The van der Waals surface area contributed by atoms with Gasteiger partial charge < -0.3 is 14.8 Å². The second-order valence-electron chi connectivity index (χ2n) is 4.45. The molecule has 1 aromatic carbocycles. The Hall–Kier alpha value is -1.66. The third-order valence-corrected chi connectivity index (χ3v) is 3.16. The fourth-order valence-corrected chi connectivity index (χ4v) is 2.33. The number of fused-ring (bicyclic) bond motifs is 1. The maximum atomic E-state index is 5.79. The van der Waals surface area contributed by atoms with Crippen molar-refractivity contribution >= 4 is 0 Å². The lowest BCUT2D eigenvalue weighted by molar-refractivity contribution is 0.168. The number of nitrogens with one attached hydrogen (secondary N) is 1. The van der Waals surface area contributed by atoms with Gasteiger partial charge in [0.15, 0.2) is 11.5 Å². The molecule has 1 heterocycles. The lowest BCUT2D eigenvalue weighted by Crippen LogP contribution is -2.23. The quantitative estimate of drug-likeness (QED) is 0.825. The van der Waals surface area contributed by atoms with Gasteiger partial charge in [-0.05, 0) is 26.0 Å². The van der Waals surface area contributed by atoms with Crippen LogP contribution in [-0.2, 0) is 0 Å². The van der Waals surface area contributed by atoms with Gasteiger partial charge in [0.25, 0.3) is 0 Å². The summed E-state index contributed by atoms with van der Waals surface area (Å²) in [6.07, 6.45) is 1.87. The van der Waals surface area contributed by atoms with Crippen LogP contribution in [0.1, 0.15) is 38.3 Å². The number of para-hydroxylation sites is 1. The van der Waals surface area contributed by atoms with Gasteiger partial charge in [-0.2, -0.15) is 0 Å². The third-order valence-electron chi connectivity index (χ3n) is 3.16. The molecule has 1 atom stereocenters. The summed E-state index contributed by atoms with van der Waals surface area (Å²) in [4.78, 5) is 0. The van der Waals surface area contributed by atoms with Crippen molar-refractivity contribution in [2.24, 2.45) is 0 Å². The smallest absolute Gasteiger partial charge is 0.166 e. The van der Waals surface area contributed by atoms with Gasteiger partial charge in [0.2, 0.25) is 0 Å². The second kappa shape index (κ2) is 7.06. The molecule has 0 fully saturated rings. The van der Waals surface area contributed by atoms with Crippen LogP contribution < -0.4 is 14.8 Å². The van der Waals surface area contributed by atoms with Crippen LogP contribution in [0.25, 0.3) is 0 Å². The first-order chi connectivity index (χ1) is 9.36. The second-order valence-corrected chi connectivity index (χ2v) is 4.45. The molecule has 1 unspecified atom stereocenters. The Bertz CT molecular complexity index is 473. The predicted molar refractivity (Wildman–Crippen MR) is 76.5 cm³/mol. The highest BCUT2D eigenvalue weighted by Gasteiger charge is 2.21. The Balaban J connectivity index is 2.21. The maximum Gasteiger partial charge on any atom is 0.166 e. The first-order valence-electron chi connectivity index (χ1n) is 6.88. The summed E-state index contributed by atoms with van der Waals surface area (Å²) in [5.41, 5.74) is 1.18. The minimum atomic E-state index is 0.266. The number of ether oxygens (including phenoxy) is 2. The summed E-state index contributed by atoms with van der Waals surface area (Å²) in [6, 6.07) is 6.37. The molecule has 1 aliphatic heterocycles. The van der Waals surface area contributed by atoms with Gasteiger partial charge in [0.1, 0.15) is 13.2 Å². The number of hydrogen-bond donors (Lipinski definition) is 1. The van der Waals surface area contributed by atoms with Crippen LogP contribution >= 0.6 is 0 Å². The number of rotatable bonds is 5. The van der Waals surface area contributed by atoms with Crippen molar-refractivity contribution in [2.45, 2.75) is 32.7 Å². The molecular weight excluding hydrogens is 238 g/mol. The Kier molecular flexibility index (Phi) is 5.11. The van der Waals surface area contributed by atoms with E-state index in [4.69, 9.17) is 9.47 Å². The molecule has 0 amide bonds. The molecule has 19 heavy (non-hydrogen) atoms. The molecule has 1 aliphatic rings. The van der Waals surface area contributed by atoms with Gasteiger partial charge in [0, 0.05) is 18.0 Å². The van der Waals surface area contributed by atoms with Crippen molar-refractivity contribution in [3.63, 3.8) is 0 Å². The summed E-state index contributed by atoms with van der Waals surface area (Å²) in [7, 11) is 0. The van der Waals surface area contributed by atoms with Gasteiger partial charge in [-0.1, -0.05) is 19.1 Å². The molecule has 3 heteroatoms. The Labute approximate surface area is 115 Å². The maximum absolute atomic E-state index is 5.79. The molecular formula is C16H21NO2. The first-order valence-corrected chi connectivity index (χ1v) is 6.88. The number of benzene rings is 1. The lowest BCUT2D eigenvalue weighted by atomic mass is 10.00. The normalized spacial score (nSPS) is 14.4. The zero-order chi connectivity index (χ0) is 13.5. The molecule has 0 saturated heterocycles. The summed E-state index contributed by atoms with van der Waals surface area (Å²) in [6.45, 7) is 6.17. The molecule has 0 radical (unpaired) electrons. The fraction of sp³-hybridized carbons (Fsp3) is 0.500. The van der Waals surface area contributed by atoms with E-state index in [-0.39, 0.29) is 6.04 Å². The van der Waals surface area contributed by atoms with E-state index in [0.717, 1.165) is 30.9 Å². The lowest BCUT2D eigenvalue weighted by Gasteiger charge is -2.25. The molecule has 0 aromatic heterocycles. The van der Waals surface area contributed by atoms with Crippen LogP contribution in [0.3, 0.4) is 0 Å². The molecule has 0 aliphatic carbocycles. The molecule has 2 rings (SSSR count). The minimum Gasteiger partial charge on any atom is -0.486 e. The van der Waals surface area contributed by atoms with E-state index in [1.807, 2.05) is 19.1 Å². The van der Waals surface area contributed by atoms with Crippen LogP contribution in [0.15, 0.2) is 18.2 Å². The van der Waals surface area contributed by atoms with E-state index < -0.39 is 0 Å². The summed E-state index contributed by atoms with van der Waals surface area (Å²) in [5, 5.41) is 3.50. The highest BCUT2D eigenvalue weighted by Crippen LogP contribution is 2.38. The van der Waals surface area contributed by atoms with Crippen LogP contribution in [0.4, 0.5) is 0 Å². The molecule has 1 aromatic rings. The van der Waals surface area contributed by atoms with Crippen molar-refractivity contribution in [3.8, 4) is 23.3 Å². The predicted octanol–water partition coefficient (Wildman–Crippen LogP) is 2.91. The standard InChI is InChI=1S/C16H21NO2/c1-3-5-6-9-14(17-4-2)13-8-7-10-15-16(13)19-12-11-18-15/h7-8,10,14,17H,4,6,9,11-12H2,1-2H3. The van der Waals surface area contributed by atoms with Crippen LogP contribution in [0.2, 0.25) is 0 Å². The van der Waals surface area contributed by atoms with E-state index in [9.17, 15) is 0 Å². The Morgan fingerprint density at radius 2 is 2.16 bits per heavy atom. The first kappa shape index (κ1) is 13.8. The van der Waals surface area contributed by atoms with Gasteiger partial charge in [0.05, 0.1) is 0 Å². The molecule has 0 saturated carbocycles. The Morgan fingerprint density at radius 1 is 1.32 bits per heavy atom. The number of hydrogen-bond acceptors (Lipinski definition) is 3. The van der Waals surface area contributed by atoms with Crippen molar-refractivity contribution in [1.29, 1.82) is 0 Å². The van der Waals surface area contributed by atoms with Gasteiger partial charge in [-0.3, -0.25) is 0 Å². The van der Waals surface area contributed by atoms with E-state index in [1.54, 1.807) is 0 Å². The van der Waals surface area contributed by atoms with Crippen molar-refractivity contribution in [2.75, 3.05) is 19.8 Å². The minimum absolute atomic E-state index is 0.266. The van der Waals surface area contributed by atoms with E-state index in [1.165, 1.54) is 5.56 Å². The van der Waals surface area contributed by atoms with Crippen molar-refractivity contribution in [1.82, 2.24) is 5.32 Å². The zero-order valence-electron chi connectivity index (χ0n) is 11.7. The average molecular weight is 259 g/mol. The van der Waals surface area contributed by atoms with Crippen LogP contribution in [0.5, 0.6) is 11.5 Å². The highest BCUT2D eigenvalue weighted by atomic mass is 16.6. The topological polar surface area (TPSA) is 30.5 Å². The molecule has 102 valence electrons. The van der Waals surface area contributed by atoms with E-state index in [0.29, 0.717) is 13.2 Å². The molecule has 0 spiro atoms. The monoisotopic (exact) mass is 259 g/mol. The SMILES string of the molecule is CC#CCCC(NCC)c1cccc2c1OCCO2. The van der Waals surface area contributed by atoms with Crippen molar-refractivity contribution < 1.29 is 9.47 Å².